The molecule has 4 nitrogen and oxygen atoms in total. The van der Waals surface area contributed by atoms with Crippen LogP contribution in [0.4, 0.5) is 5.69 Å². The Morgan fingerprint density at radius 2 is 2.41 bits per heavy atom. The van der Waals surface area contributed by atoms with Crippen molar-refractivity contribution >= 4 is 23.6 Å². The van der Waals surface area contributed by atoms with Crippen molar-refractivity contribution in [2.75, 3.05) is 11.9 Å². The number of rotatable bonds is 2. The number of halogens is 1. The van der Waals surface area contributed by atoms with Gasteiger partial charge in [-0.15, -0.1) is 6.42 Å². The van der Waals surface area contributed by atoms with Crippen molar-refractivity contribution in [3.8, 4) is 12.3 Å². The summed E-state index contributed by atoms with van der Waals surface area (Å²) in [6, 6.07) is 5.10. The number of nitrogens with one attached hydrogen (secondary N) is 2. The molecule has 5 heteroatoms. The predicted octanol–water partition coefficient (Wildman–Crippen LogP) is 0.701. The fraction of sp³-hybridized carbons (Fsp3) is 0.250. The molecule has 0 aliphatic carbocycles. The van der Waals surface area contributed by atoms with Crippen LogP contribution >= 0.6 is 11.6 Å². The van der Waals surface area contributed by atoms with Crippen molar-refractivity contribution in [3.05, 3.63) is 28.8 Å². The first kappa shape index (κ1) is 11.9. The van der Waals surface area contributed by atoms with Gasteiger partial charge in [0.2, 0.25) is 0 Å². The van der Waals surface area contributed by atoms with Crippen molar-refractivity contribution in [2.45, 2.75) is 11.7 Å². The van der Waals surface area contributed by atoms with E-state index in [2.05, 4.69) is 16.6 Å². The van der Waals surface area contributed by atoms with Gasteiger partial charge in [0.05, 0.1) is 6.61 Å². The van der Waals surface area contributed by atoms with Gasteiger partial charge in [0.15, 0.2) is 6.29 Å². The van der Waals surface area contributed by atoms with Crippen LogP contribution in [0, 0.1) is 12.3 Å². The van der Waals surface area contributed by atoms with Crippen LogP contribution in [0.2, 0.25) is 5.02 Å². The van der Waals surface area contributed by atoms with Gasteiger partial charge in [-0.1, -0.05) is 17.5 Å². The minimum absolute atomic E-state index is 0.317. The van der Waals surface area contributed by atoms with Gasteiger partial charge in [0.25, 0.3) is 0 Å². The van der Waals surface area contributed by atoms with Crippen LogP contribution in [0.5, 0.6) is 0 Å². The minimum atomic E-state index is -1.09. The molecule has 1 aromatic rings. The number of hydrogen-bond donors (Lipinski definition) is 3. The molecule has 3 N–H and O–H groups in total. The number of carbonyl (C=O) groups is 1. The monoisotopic (exact) mass is 250 g/mol. The summed E-state index contributed by atoms with van der Waals surface area (Å²) >= 11 is 5.91. The third kappa shape index (κ3) is 1.89. The normalized spacial score (nSPS) is 26.5. The van der Waals surface area contributed by atoms with Crippen LogP contribution in [0.1, 0.15) is 5.56 Å². The second-order valence-electron chi connectivity index (χ2n) is 3.80. The molecule has 0 saturated carbocycles. The van der Waals surface area contributed by atoms with Crippen LogP contribution in [0.3, 0.4) is 0 Å². The maximum Gasteiger partial charge on any atom is 0.157 e. The van der Waals surface area contributed by atoms with Gasteiger partial charge in [0.1, 0.15) is 11.7 Å². The zero-order chi connectivity index (χ0) is 12.5. The van der Waals surface area contributed by atoms with Gasteiger partial charge in [-0.2, -0.15) is 0 Å². The molecule has 0 aromatic heterocycles. The number of carbonyl (C=O) groups excluding carboxylic acids is 1. The highest BCUT2D eigenvalue weighted by Gasteiger charge is 2.38. The van der Waals surface area contributed by atoms with Gasteiger partial charge in [-0.3, -0.25) is 10.1 Å². The van der Waals surface area contributed by atoms with E-state index >= 15 is 0 Å². The lowest BCUT2D eigenvalue weighted by Crippen LogP contribution is -2.56. The molecule has 2 atom stereocenters. The number of hydrogen-bond acceptors (Lipinski definition) is 4. The van der Waals surface area contributed by atoms with Crippen LogP contribution < -0.4 is 10.6 Å². The van der Waals surface area contributed by atoms with E-state index < -0.39 is 11.7 Å². The Labute approximate surface area is 104 Å². The number of aldehydes is 1. The molecule has 0 radical (unpaired) electrons. The van der Waals surface area contributed by atoms with Crippen molar-refractivity contribution in [2.24, 2.45) is 0 Å². The minimum Gasteiger partial charge on any atom is -0.393 e. The van der Waals surface area contributed by atoms with Gasteiger partial charge in [0, 0.05) is 16.3 Å². The highest BCUT2D eigenvalue weighted by Crippen LogP contribution is 2.34. The van der Waals surface area contributed by atoms with Crippen molar-refractivity contribution < 1.29 is 9.90 Å². The Hall–Kier alpha value is -1.54. The van der Waals surface area contributed by atoms with Gasteiger partial charge >= 0.3 is 0 Å². The zero-order valence-electron chi connectivity index (χ0n) is 8.90. The average Bonchev–Trinajstić information content (AvgIpc) is 2.37. The maximum atomic E-state index is 10.9. The summed E-state index contributed by atoms with van der Waals surface area (Å²) in [7, 11) is 0. The van der Waals surface area contributed by atoms with E-state index in [1.165, 1.54) is 0 Å². The van der Waals surface area contributed by atoms with E-state index in [1.54, 1.807) is 18.2 Å². The highest BCUT2D eigenvalue weighted by molar-refractivity contribution is 6.30. The van der Waals surface area contributed by atoms with Crippen molar-refractivity contribution in [1.29, 1.82) is 0 Å². The topological polar surface area (TPSA) is 61.4 Å². The molecule has 0 saturated heterocycles. The van der Waals surface area contributed by atoms with E-state index in [9.17, 15) is 9.90 Å². The van der Waals surface area contributed by atoms with Crippen molar-refractivity contribution in [1.82, 2.24) is 5.32 Å². The lowest BCUT2D eigenvalue weighted by Gasteiger charge is -2.38. The van der Waals surface area contributed by atoms with Crippen LogP contribution in [0.25, 0.3) is 0 Å². The molecule has 2 unspecified atom stereocenters. The molecule has 0 fully saturated rings. The summed E-state index contributed by atoms with van der Waals surface area (Å²) < 4.78 is 0. The van der Waals surface area contributed by atoms with Crippen LogP contribution in [-0.2, 0) is 10.3 Å². The Morgan fingerprint density at radius 1 is 1.65 bits per heavy atom. The first-order chi connectivity index (χ1) is 8.15. The first-order valence-corrected chi connectivity index (χ1v) is 5.41. The van der Waals surface area contributed by atoms with Gasteiger partial charge < -0.3 is 10.4 Å². The van der Waals surface area contributed by atoms with E-state index in [1.807, 2.05) is 0 Å². The van der Waals surface area contributed by atoms with E-state index in [0.29, 0.717) is 22.6 Å². The van der Waals surface area contributed by atoms with E-state index in [4.69, 9.17) is 18.0 Å². The molecule has 88 valence electrons. The first-order valence-electron chi connectivity index (χ1n) is 5.03. The fourth-order valence-corrected chi connectivity index (χ4v) is 2.08. The Balaban J connectivity index is 2.59. The quantitative estimate of drug-likeness (QED) is 0.534. The van der Waals surface area contributed by atoms with Gasteiger partial charge in [-0.25, -0.2) is 0 Å². The summed E-state index contributed by atoms with van der Waals surface area (Å²) in [5.74, 6) is 2.50. The number of aliphatic hydroxyl groups excluding tert-OH is 1. The molecule has 0 spiro atoms. The summed E-state index contributed by atoms with van der Waals surface area (Å²) in [5.41, 5.74) is 0.266. The summed E-state index contributed by atoms with van der Waals surface area (Å²) in [5, 5.41) is 15.8. The number of fused-ring (bicyclic) bond motifs is 1. The maximum absolute atomic E-state index is 10.9. The Kier molecular flexibility index (Phi) is 3.07. The molecule has 1 heterocycles. The second kappa shape index (κ2) is 4.38. The summed E-state index contributed by atoms with van der Waals surface area (Å²) in [6.07, 6.45) is 5.53. The molecule has 1 aliphatic rings. The number of aliphatic hydroxyl groups is 1. The zero-order valence-corrected chi connectivity index (χ0v) is 9.66. The Morgan fingerprint density at radius 3 is 3.00 bits per heavy atom. The largest absolute Gasteiger partial charge is 0.393 e. The SMILES string of the molecule is C#CC1(CO)NC(C=O)Nc2ccc(Cl)cc21. The summed E-state index contributed by atoms with van der Waals surface area (Å²) in [6.45, 7) is -0.317. The van der Waals surface area contributed by atoms with Crippen LogP contribution in [0.15, 0.2) is 18.2 Å². The lowest BCUT2D eigenvalue weighted by molar-refractivity contribution is -0.109. The van der Waals surface area contributed by atoms with E-state index in [0.717, 1.165) is 0 Å². The molecule has 17 heavy (non-hydrogen) atoms. The number of terminal acetylenes is 1. The molecule has 2 rings (SSSR count). The second-order valence-corrected chi connectivity index (χ2v) is 4.24. The highest BCUT2D eigenvalue weighted by atomic mass is 35.5. The third-order valence-corrected chi connectivity index (χ3v) is 3.01. The van der Waals surface area contributed by atoms with Crippen LogP contribution in [-0.4, -0.2) is 24.2 Å². The molecule has 1 aliphatic heterocycles. The van der Waals surface area contributed by atoms with E-state index in [-0.39, 0.29) is 6.61 Å². The third-order valence-electron chi connectivity index (χ3n) is 2.77. The molecule has 0 amide bonds. The Bertz CT molecular complexity index is 498. The predicted molar refractivity (Wildman–Crippen MR) is 65.7 cm³/mol. The molecule has 1 aromatic carbocycles. The number of benzene rings is 1. The summed E-state index contributed by atoms with van der Waals surface area (Å²) in [4.78, 5) is 10.9. The standard InChI is InChI=1S/C12H11ClN2O2/c1-2-12(7-17)9-5-8(13)3-4-10(9)14-11(6-16)15-12/h1,3-6,11,14-15,17H,7H2. The molecular formula is C12H11ClN2O2. The molecule has 0 bridgehead atoms. The smallest absolute Gasteiger partial charge is 0.157 e. The fourth-order valence-electron chi connectivity index (χ4n) is 1.91. The molecular weight excluding hydrogens is 240 g/mol. The lowest BCUT2D eigenvalue weighted by atomic mass is 9.87. The average molecular weight is 251 g/mol. The van der Waals surface area contributed by atoms with Gasteiger partial charge in [-0.05, 0) is 18.2 Å². The van der Waals surface area contributed by atoms with Crippen molar-refractivity contribution in [3.63, 3.8) is 0 Å². The number of anilines is 1.